The number of nitriles is 1. The zero-order valence-corrected chi connectivity index (χ0v) is 8.68. The molecule has 0 N–H and O–H groups in total. The minimum Gasteiger partial charge on any atom is -0.481 e. The van der Waals surface area contributed by atoms with Crippen molar-refractivity contribution in [2.75, 3.05) is 7.11 Å². The Bertz CT molecular complexity index is 390. The van der Waals surface area contributed by atoms with Gasteiger partial charge >= 0.3 is 0 Å². The smallest absolute Gasteiger partial charge is 0.265 e. The predicted octanol–water partition coefficient (Wildman–Crippen LogP) is 2.66. The molecule has 6 heteroatoms. The summed E-state index contributed by atoms with van der Waals surface area (Å²) in [6, 6.07) is 2.70. The van der Waals surface area contributed by atoms with Crippen LogP contribution in [0.5, 0.6) is 5.88 Å². The van der Waals surface area contributed by atoms with Crippen molar-refractivity contribution < 1.29 is 13.5 Å². The molecule has 0 aliphatic heterocycles. The summed E-state index contributed by atoms with van der Waals surface area (Å²) < 4.78 is 29.7. The zero-order valence-electron chi connectivity index (χ0n) is 7.09. The Morgan fingerprint density at radius 1 is 1.64 bits per heavy atom. The maximum atomic E-state index is 12.5. The second-order valence-electron chi connectivity index (χ2n) is 2.33. The second kappa shape index (κ2) is 4.33. The molecule has 0 aliphatic carbocycles. The standard InChI is InChI=1S/C8H5BrF2N2O/c1-14-6-2-4(8(10)11)5(3-12)7(9)13-6/h2,8H,1H3. The van der Waals surface area contributed by atoms with Gasteiger partial charge in [-0.1, -0.05) is 0 Å². The van der Waals surface area contributed by atoms with E-state index in [4.69, 9.17) is 10.00 Å². The summed E-state index contributed by atoms with van der Waals surface area (Å²) in [5.41, 5.74) is -0.549. The first kappa shape index (κ1) is 10.9. The van der Waals surface area contributed by atoms with Gasteiger partial charge in [0.15, 0.2) is 0 Å². The molecule has 0 amide bonds. The van der Waals surface area contributed by atoms with E-state index in [-0.39, 0.29) is 21.6 Å². The van der Waals surface area contributed by atoms with Gasteiger partial charge in [0.2, 0.25) is 5.88 Å². The van der Waals surface area contributed by atoms with Crippen LogP contribution in [0.25, 0.3) is 0 Å². The molecular formula is C8H5BrF2N2O. The second-order valence-corrected chi connectivity index (χ2v) is 3.08. The van der Waals surface area contributed by atoms with Gasteiger partial charge in [-0.25, -0.2) is 13.8 Å². The maximum Gasteiger partial charge on any atom is 0.265 e. The summed E-state index contributed by atoms with van der Waals surface area (Å²) in [7, 11) is 1.32. The molecule has 1 aromatic rings. The van der Waals surface area contributed by atoms with Crippen molar-refractivity contribution in [3.05, 3.63) is 21.8 Å². The van der Waals surface area contributed by atoms with Gasteiger partial charge < -0.3 is 4.74 Å². The van der Waals surface area contributed by atoms with Crippen LogP contribution < -0.4 is 4.74 Å². The molecule has 0 bridgehead atoms. The van der Waals surface area contributed by atoms with Crippen molar-refractivity contribution in [3.63, 3.8) is 0 Å². The highest BCUT2D eigenvalue weighted by molar-refractivity contribution is 9.10. The Labute approximate surface area is 87.5 Å². The molecule has 0 aromatic carbocycles. The molecule has 0 saturated heterocycles. The van der Waals surface area contributed by atoms with Crippen LogP contribution in [0.15, 0.2) is 10.7 Å². The fourth-order valence-electron chi connectivity index (χ4n) is 0.897. The van der Waals surface area contributed by atoms with Crippen molar-refractivity contribution >= 4 is 15.9 Å². The number of hydrogen-bond donors (Lipinski definition) is 0. The molecule has 0 unspecified atom stereocenters. The van der Waals surface area contributed by atoms with Gasteiger partial charge in [-0.05, 0) is 15.9 Å². The quantitative estimate of drug-likeness (QED) is 0.770. The molecule has 0 fully saturated rings. The van der Waals surface area contributed by atoms with Crippen molar-refractivity contribution in [1.82, 2.24) is 4.98 Å². The largest absolute Gasteiger partial charge is 0.481 e. The minimum absolute atomic E-state index is 0.0474. The van der Waals surface area contributed by atoms with Crippen LogP contribution in [0.2, 0.25) is 0 Å². The third kappa shape index (κ3) is 1.99. The third-order valence-electron chi connectivity index (χ3n) is 1.54. The lowest BCUT2D eigenvalue weighted by atomic mass is 10.1. The van der Waals surface area contributed by atoms with E-state index in [0.29, 0.717) is 0 Å². The monoisotopic (exact) mass is 262 g/mol. The van der Waals surface area contributed by atoms with Crippen molar-refractivity contribution in [3.8, 4) is 11.9 Å². The maximum absolute atomic E-state index is 12.5. The summed E-state index contributed by atoms with van der Waals surface area (Å²) in [5, 5.41) is 8.62. The molecule has 3 nitrogen and oxygen atoms in total. The summed E-state index contributed by atoms with van der Waals surface area (Å²) >= 11 is 2.92. The minimum atomic E-state index is -2.72. The van der Waals surface area contributed by atoms with E-state index in [9.17, 15) is 8.78 Å². The first-order chi connectivity index (χ1) is 6.60. The number of methoxy groups -OCH3 is 1. The van der Waals surface area contributed by atoms with Crippen LogP contribution in [0.3, 0.4) is 0 Å². The van der Waals surface area contributed by atoms with E-state index in [1.54, 1.807) is 6.07 Å². The van der Waals surface area contributed by atoms with Gasteiger partial charge in [0.25, 0.3) is 6.43 Å². The van der Waals surface area contributed by atoms with Crippen LogP contribution >= 0.6 is 15.9 Å². The molecule has 1 heterocycles. The SMILES string of the molecule is COc1cc(C(F)F)c(C#N)c(Br)n1. The van der Waals surface area contributed by atoms with Crippen LogP contribution in [0.4, 0.5) is 8.78 Å². The zero-order chi connectivity index (χ0) is 10.7. The van der Waals surface area contributed by atoms with Gasteiger partial charge in [0.1, 0.15) is 10.7 Å². The van der Waals surface area contributed by atoms with Crippen molar-refractivity contribution in [2.45, 2.75) is 6.43 Å². The summed E-state index contributed by atoms with van der Waals surface area (Å²) in [5.74, 6) is 0.0474. The van der Waals surface area contributed by atoms with Gasteiger partial charge in [-0.2, -0.15) is 5.26 Å². The number of hydrogen-bond acceptors (Lipinski definition) is 3. The number of pyridine rings is 1. The lowest BCUT2D eigenvalue weighted by Crippen LogP contribution is -1.97. The lowest BCUT2D eigenvalue weighted by Gasteiger charge is -2.06. The normalized spacial score (nSPS) is 10.0. The van der Waals surface area contributed by atoms with Crippen molar-refractivity contribution in [1.29, 1.82) is 5.26 Å². The van der Waals surface area contributed by atoms with Crippen LogP contribution in [0.1, 0.15) is 17.6 Å². The van der Waals surface area contributed by atoms with E-state index in [1.165, 1.54) is 7.11 Å². The molecule has 0 saturated carbocycles. The predicted molar refractivity (Wildman–Crippen MR) is 48.2 cm³/mol. The van der Waals surface area contributed by atoms with E-state index < -0.39 is 6.43 Å². The molecular weight excluding hydrogens is 258 g/mol. The number of nitrogens with zero attached hydrogens (tertiary/aromatic N) is 2. The molecule has 0 atom stereocenters. The third-order valence-corrected chi connectivity index (χ3v) is 2.11. The number of ether oxygens (including phenoxy) is 1. The highest BCUT2D eigenvalue weighted by Gasteiger charge is 2.18. The van der Waals surface area contributed by atoms with Crippen LogP contribution in [-0.2, 0) is 0 Å². The molecule has 0 aliphatic rings. The van der Waals surface area contributed by atoms with Crippen LogP contribution in [0, 0.1) is 11.3 Å². The van der Waals surface area contributed by atoms with E-state index in [0.717, 1.165) is 6.07 Å². The van der Waals surface area contributed by atoms with Crippen LogP contribution in [-0.4, -0.2) is 12.1 Å². The van der Waals surface area contributed by atoms with Gasteiger partial charge in [-0.15, -0.1) is 0 Å². The molecule has 74 valence electrons. The first-order valence-corrected chi connectivity index (χ1v) is 4.32. The number of rotatable bonds is 2. The topological polar surface area (TPSA) is 45.9 Å². The number of alkyl halides is 2. The molecule has 1 rings (SSSR count). The fraction of sp³-hybridized carbons (Fsp3) is 0.250. The Balaban J connectivity index is 3.37. The Morgan fingerprint density at radius 3 is 2.71 bits per heavy atom. The van der Waals surface area contributed by atoms with E-state index in [2.05, 4.69) is 20.9 Å². The Morgan fingerprint density at radius 2 is 2.29 bits per heavy atom. The summed E-state index contributed by atoms with van der Waals surface area (Å²) in [6.45, 7) is 0. The highest BCUT2D eigenvalue weighted by atomic mass is 79.9. The Hall–Kier alpha value is -1.22. The molecule has 0 spiro atoms. The number of halogens is 3. The molecule has 0 radical (unpaired) electrons. The van der Waals surface area contributed by atoms with Gasteiger partial charge in [-0.3, -0.25) is 0 Å². The first-order valence-electron chi connectivity index (χ1n) is 3.52. The van der Waals surface area contributed by atoms with E-state index >= 15 is 0 Å². The van der Waals surface area contributed by atoms with E-state index in [1.807, 2.05) is 0 Å². The van der Waals surface area contributed by atoms with Gasteiger partial charge in [0, 0.05) is 11.6 Å². The van der Waals surface area contributed by atoms with Gasteiger partial charge in [0.05, 0.1) is 12.7 Å². The van der Waals surface area contributed by atoms with Crippen molar-refractivity contribution in [2.24, 2.45) is 0 Å². The fourth-order valence-corrected chi connectivity index (χ4v) is 1.39. The molecule has 14 heavy (non-hydrogen) atoms. The summed E-state index contributed by atoms with van der Waals surface area (Å²) in [6.07, 6.45) is -2.72. The Kier molecular flexibility index (Phi) is 3.36. The number of aromatic nitrogens is 1. The highest BCUT2D eigenvalue weighted by Crippen LogP contribution is 2.29. The average molecular weight is 263 g/mol. The summed E-state index contributed by atoms with van der Waals surface area (Å²) in [4.78, 5) is 3.74. The lowest BCUT2D eigenvalue weighted by molar-refractivity contribution is 0.150. The molecule has 1 aromatic heterocycles. The average Bonchev–Trinajstić information content (AvgIpc) is 2.16.